The number of amides is 1. The fraction of sp³-hybridized carbons (Fsp3) is 0.391. The van der Waals surface area contributed by atoms with Gasteiger partial charge in [0.05, 0.1) is 0 Å². The van der Waals surface area contributed by atoms with Gasteiger partial charge in [-0.3, -0.25) is 14.5 Å². The number of rotatable bonds is 10. The summed E-state index contributed by atoms with van der Waals surface area (Å²) >= 11 is 0.867. The van der Waals surface area contributed by atoms with Crippen molar-refractivity contribution in [3.63, 3.8) is 0 Å². The van der Waals surface area contributed by atoms with Crippen molar-refractivity contribution < 1.29 is 19.1 Å². The molecule has 3 rings (SSSR count). The molecule has 0 aliphatic heterocycles. The first-order valence-corrected chi connectivity index (χ1v) is 11.7. The molecule has 34 heavy (non-hydrogen) atoms. The van der Waals surface area contributed by atoms with E-state index in [4.69, 9.17) is 16.9 Å². The van der Waals surface area contributed by atoms with E-state index in [1.807, 2.05) is 7.05 Å². The molecule has 1 aliphatic rings. The quantitative estimate of drug-likeness (QED) is 0.173. The Morgan fingerprint density at radius 2 is 1.94 bits per heavy atom. The van der Waals surface area contributed by atoms with E-state index in [1.165, 1.54) is 29.2 Å². The van der Waals surface area contributed by atoms with Crippen molar-refractivity contribution in [2.75, 3.05) is 24.2 Å². The largest absolute Gasteiger partial charge is 0.504 e. The van der Waals surface area contributed by atoms with E-state index in [-0.39, 0.29) is 21.5 Å². The van der Waals surface area contributed by atoms with Crippen LogP contribution in [0.5, 0.6) is 0 Å². The number of hydrogen-bond acceptors (Lipinski definition) is 9. The minimum Gasteiger partial charge on any atom is -0.504 e. The standard InChI is InChI=1S/C23H29FN6O3S/c1-13(22(27)33)30(17-9-7-14(24)8-10-17)23-28-21(26)20(34-23)19(32)18(31)11-15(25)12-29(2)16-5-3-4-6-16/h7-11,13,16,25,31H,3-6,12,26H2,1-2H3,(H2,27,33)/b18-11-,25-15?. The summed E-state index contributed by atoms with van der Waals surface area (Å²) in [7, 11) is 1.93. The zero-order chi connectivity index (χ0) is 25.0. The Hall–Kier alpha value is -3.31. The third-order valence-electron chi connectivity index (χ3n) is 5.87. The number of nitrogens with two attached hydrogens (primary N) is 2. The highest BCUT2D eigenvalue weighted by Crippen LogP contribution is 2.35. The number of allylic oxidation sites excluding steroid dienone is 1. The molecular weight excluding hydrogens is 459 g/mol. The molecule has 1 saturated carbocycles. The molecule has 1 aliphatic carbocycles. The number of primary amides is 1. The second-order valence-corrected chi connectivity index (χ2v) is 9.35. The molecule has 1 amide bonds. The first-order chi connectivity index (χ1) is 16.1. The summed E-state index contributed by atoms with van der Waals surface area (Å²) in [6.07, 6.45) is 5.60. The van der Waals surface area contributed by atoms with Gasteiger partial charge in [0, 0.05) is 30.1 Å². The van der Waals surface area contributed by atoms with Gasteiger partial charge in [-0.1, -0.05) is 24.2 Å². The number of aliphatic hydroxyl groups excluding tert-OH is 1. The molecule has 11 heteroatoms. The highest BCUT2D eigenvalue weighted by Gasteiger charge is 2.28. The number of thiazole rings is 1. The number of anilines is 3. The molecule has 2 aromatic rings. The number of aliphatic hydroxyl groups is 1. The van der Waals surface area contributed by atoms with Gasteiger partial charge in [0.2, 0.25) is 11.7 Å². The second kappa shape index (κ2) is 10.7. The van der Waals surface area contributed by atoms with Gasteiger partial charge in [0.1, 0.15) is 22.6 Å². The Morgan fingerprint density at radius 3 is 2.53 bits per heavy atom. The zero-order valence-electron chi connectivity index (χ0n) is 19.1. The maximum absolute atomic E-state index is 13.4. The van der Waals surface area contributed by atoms with E-state index >= 15 is 0 Å². The molecule has 1 unspecified atom stereocenters. The van der Waals surface area contributed by atoms with Crippen LogP contribution in [0.1, 0.15) is 42.3 Å². The van der Waals surface area contributed by atoms with Gasteiger partial charge in [-0.25, -0.2) is 9.37 Å². The lowest BCUT2D eigenvalue weighted by molar-refractivity contribution is -0.118. The van der Waals surface area contributed by atoms with Crippen LogP contribution in [0.2, 0.25) is 0 Å². The molecular formula is C23H29FN6O3S. The fourth-order valence-corrected chi connectivity index (χ4v) is 4.99. The molecule has 0 radical (unpaired) electrons. The third-order valence-corrected chi connectivity index (χ3v) is 6.94. The molecule has 1 aromatic heterocycles. The van der Waals surface area contributed by atoms with Gasteiger partial charge >= 0.3 is 0 Å². The van der Waals surface area contributed by atoms with Gasteiger partial charge in [0.15, 0.2) is 10.9 Å². The fourth-order valence-electron chi connectivity index (χ4n) is 3.95. The Labute approximate surface area is 201 Å². The molecule has 1 fully saturated rings. The summed E-state index contributed by atoms with van der Waals surface area (Å²) in [4.78, 5) is 32.4. The van der Waals surface area contributed by atoms with Crippen molar-refractivity contribution in [2.24, 2.45) is 5.73 Å². The van der Waals surface area contributed by atoms with Crippen molar-refractivity contribution in [3.8, 4) is 0 Å². The van der Waals surface area contributed by atoms with Crippen LogP contribution < -0.4 is 16.4 Å². The number of nitrogens with one attached hydrogen (secondary N) is 1. The maximum Gasteiger partial charge on any atom is 0.241 e. The summed E-state index contributed by atoms with van der Waals surface area (Å²) < 4.78 is 13.4. The Balaban J connectivity index is 1.82. The van der Waals surface area contributed by atoms with Crippen molar-refractivity contribution in [1.29, 1.82) is 5.41 Å². The Bertz CT molecular complexity index is 1090. The molecule has 6 N–H and O–H groups in total. The van der Waals surface area contributed by atoms with Crippen LogP contribution in [0.4, 0.5) is 21.0 Å². The van der Waals surface area contributed by atoms with E-state index in [1.54, 1.807) is 6.92 Å². The van der Waals surface area contributed by atoms with Gasteiger partial charge in [-0.05, 0) is 51.1 Å². The van der Waals surface area contributed by atoms with Crippen LogP contribution in [0, 0.1) is 11.2 Å². The lowest BCUT2D eigenvalue weighted by Gasteiger charge is -2.26. The van der Waals surface area contributed by atoms with Crippen LogP contribution in [-0.4, -0.2) is 58.1 Å². The number of Topliss-reactive ketones (excluding diaryl/α,β-unsaturated/α-hetero) is 1. The van der Waals surface area contributed by atoms with Crippen LogP contribution in [0.15, 0.2) is 36.1 Å². The Morgan fingerprint density at radius 1 is 1.32 bits per heavy atom. The van der Waals surface area contributed by atoms with Crippen LogP contribution >= 0.6 is 11.3 Å². The average Bonchev–Trinajstić information content (AvgIpc) is 3.44. The average molecular weight is 489 g/mol. The van der Waals surface area contributed by atoms with Crippen LogP contribution in [0.25, 0.3) is 0 Å². The van der Waals surface area contributed by atoms with Crippen molar-refractivity contribution in [2.45, 2.75) is 44.7 Å². The summed E-state index contributed by atoms with van der Waals surface area (Å²) in [5.74, 6) is -2.65. The van der Waals surface area contributed by atoms with Crippen molar-refractivity contribution >= 4 is 45.4 Å². The zero-order valence-corrected chi connectivity index (χ0v) is 19.9. The predicted octanol–water partition coefficient (Wildman–Crippen LogP) is 3.40. The van der Waals surface area contributed by atoms with E-state index < -0.39 is 29.3 Å². The van der Waals surface area contributed by atoms with Crippen molar-refractivity contribution in [1.82, 2.24) is 9.88 Å². The summed E-state index contributed by atoms with van der Waals surface area (Å²) in [5, 5.41) is 18.7. The van der Waals surface area contributed by atoms with Gasteiger partial charge < -0.3 is 26.9 Å². The molecule has 182 valence electrons. The van der Waals surface area contributed by atoms with Gasteiger partial charge in [0.25, 0.3) is 0 Å². The van der Waals surface area contributed by atoms with E-state index in [0.29, 0.717) is 18.3 Å². The van der Waals surface area contributed by atoms with Crippen molar-refractivity contribution in [3.05, 3.63) is 46.8 Å². The molecule has 1 atom stereocenters. The van der Waals surface area contributed by atoms with E-state index in [9.17, 15) is 19.1 Å². The highest BCUT2D eigenvalue weighted by atomic mass is 32.1. The number of carbonyl (C=O) groups excluding carboxylic acids is 2. The molecule has 0 spiro atoms. The van der Waals surface area contributed by atoms with Gasteiger partial charge in [-0.2, -0.15) is 0 Å². The molecule has 1 aromatic carbocycles. The van der Waals surface area contributed by atoms with Crippen LogP contribution in [-0.2, 0) is 4.79 Å². The summed E-state index contributed by atoms with van der Waals surface area (Å²) in [6, 6.07) is 4.88. The number of aromatic nitrogens is 1. The number of hydrogen-bond donors (Lipinski definition) is 4. The lowest BCUT2D eigenvalue weighted by Crippen LogP contribution is -2.39. The molecule has 1 heterocycles. The van der Waals surface area contributed by atoms with Crippen LogP contribution in [0.3, 0.4) is 0 Å². The minimum atomic E-state index is -0.873. The minimum absolute atomic E-state index is 0.0375. The summed E-state index contributed by atoms with van der Waals surface area (Å²) in [5.41, 5.74) is 12.0. The highest BCUT2D eigenvalue weighted by molar-refractivity contribution is 7.18. The first-order valence-electron chi connectivity index (χ1n) is 10.9. The monoisotopic (exact) mass is 488 g/mol. The second-order valence-electron chi connectivity index (χ2n) is 8.37. The Kier molecular flexibility index (Phi) is 8.00. The number of nitrogen functional groups attached to an aromatic ring is 1. The number of ketones is 1. The number of benzene rings is 1. The topological polar surface area (TPSA) is 150 Å². The normalized spacial score (nSPS) is 15.5. The predicted molar refractivity (Wildman–Crippen MR) is 131 cm³/mol. The summed E-state index contributed by atoms with van der Waals surface area (Å²) in [6.45, 7) is 1.85. The third kappa shape index (κ3) is 5.78. The number of nitrogens with zero attached hydrogens (tertiary/aromatic N) is 3. The molecule has 0 bridgehead atoms. The number of halogens is 1. The first kappa shape index (κ1) is 25.3. The number of carbonyl (C=O) groups is 2. The SMILES string of the molecule is CC(C(N)=O)N(c1ccc(F)cc1)c1nc(N)c(C(=O)/C(O)=C/C(=N)CN(C)C2CCCC2)s1. The smallest absolute Gasteiger partial charge is 0.241 e. The van der Waals surface area contributed by atoms with E-state index in [2.05, 4.69) is 9.88 Å². The lowest BCUT2D eigenvalue weighted by atomic mass is 10.2. The maximum atomic E-state index is 13.4. The molecule has 9 nitrogen and oxygen atoms in total. The van der Waals surface area contributed by atoms with E-state index in [0.717, 1.165) is 43.1 Å². The van der Waals surface area contributed by atoms with Gasteiger partial charge in [-0.15, -0.1) is 0 Å². The molecule has 0 saturated heterocycles.